The van der Waals surface area contributed by atoms with Crippen LogP contribution in [0.25, 0.3) is 66.8 Å². The molecule has 9 aromatic rings. The molecule has 0 aliphatic heterocycles. The Morgan fingerprint density at radius 3 is 1.21 bits per heavy atom. The van der Waals surface area contributed by atoms with Crippen molar-refractivity contribution in [2.24, 2.45) is 0 Å². The van der Waals surface area contributed by atoms with Crippen molar-refractivity contribution in [3.05, 3.63) is 212 Å². The third-order valence-corrected chi connectivity index (χ3v) is 9.74. The van der Waals surface area contributed by atoms with Crippen LogP contribution in [0.3, 0.4) is 0 Å². The highest BCUT2D eigenvalue weighted by atomic mass is 16.3. The number of hydrogen-bond acceptors (Lipinski definition) is 2. The molecule has 246 valence electrons. The normalized spacial score (nSPS) is 11.1. The highest BCUT2D eigenvalue weighted by Gasteiger charge is 2.15. The van der Waals surface area contributed by atoms with E-state index in [1.54, 1.807) is 0 Å². The Balaban J connectivity index is 0.974. The van der Waals surface area contributed by atoms with E-state index >= 15 is 0 Å². The van der Waals surface area contributed by atoms with Crippen molar-refractivity contribution in [2.45, 2.75) is 0 Å². The summed E-state index contributed by atoms with van der Waals surface area (Å²) in [7, 11) is 0. The minimum Gasteiger partial charge on any atom is -0.456 e. The molecule has 2 nitrogen and oxygen atoms in total. The summed E-state index contributed by atoms with van der Waals surface area (Å²) >= 11 is 0. The Kier molecular flexibility index (Phi) is 8.24. The number of benzene rings is 8. The van der Waals surface area contributed by atoms with Gasteiger partial charge in [-0.2, -0.15) is 0 Å². The van der Waals surface area contributed by atoms with Crippen molar-refractivity contribution < 1.29 is 4.42 Å². The lowest BCUT2D eigenvalue weighted by Crippen LogP contribution is -2.09. The Labute approximate surface area is 304 Å². The molecule has 0 atom stereocenters. The molecule has 8 aromatic carbocycles. The van der Waals surface area contributed by atoms with Gasteiger partial charge >= 0.3 is 0 Å². The molecule has 0 aliphatic rings. The highest BCUT2D eigenvalue weighted by molar-refractivity contribution is 5.89. The van der Waals surface area contributed by atoms with E-state index in [0.717, 1.165) is 50.5 Å². The third kappa shape index (κ3) is 6.19. The first-order chi connectivity index (χ1) is 25.8. The number of anilines is 3. The molecule has 2 heteroatoms. The molecule has 1 aromatic heterocycles. The summed E-state index contributed by atoms with van der Waals surface area (Å²) < 4.78 is 6.24. The minimum absolute atomic E-state index is 0.881. The molecule has 0 N–H and O–H groups in total. The zero-order chi connectivity index (χ0) is 34.7. The second kappa shape index (κ2) is 13.8. The third-order valence-electron chi connectivity index (χ3n) is 9.74. The highest BCUT2D eigenvalue weighted by Crippen LogP contribution is 2.39. The number of para-hydroxylation sites is 2. The molecule has 0 radical (unpaired) electrons. The second-order valence-electron chi connectivity index (χ2n) is 13.0. The number of rotatable bonds is 8. The minimum atomic E-state index is 0.881. The first kappa shape index (κ1) is 31.1. The van der Waals surface area contributed by atoms with Crippen molar-refractivity contribution >= 4 is 28.0 Å². The fourth-order valence-electron chi connectivity index (χ4n) is 7.02. The van der Waals surface area contributed by atoms with Gasteiger partial charge in [0.25, 0.3) is 0 Å². The second-order valence-corrected chi connectivity index (χ2v) is 13.0. The van der Waals surface area contributed by atoms with Gasteiger partial charge in [0.15, 0.2) is 0 Å². The maximum Gasteiger partial charge on any atom is 0.136 e. The first-order valence-electron chi connectivity index (χ1n) is 17.7. The molecule has 0 bridgehead atoms. The van der Waals surface area contributed by atoms with E-state index in [1.165, 1.54) is 33.4 Å². The summed E-state index contributed by atoms with van der Waals surface area (Å²) in [6.07, 6.45) is 0. The predicted octanol–water partition coefficient (Wildman–Crippen LogP) is 14.2. The van der Waals surface area contributed by atoms with E-state index in [2.05, 4.69) is 199 Å². The molecule has 0 amide bonds. The fraction of sp³-hybridized carbons (Fsp3) is 0. The molecule has 0 saturated heterocycles. The van der Waals surface area contributed by atoms with Gasteiger partial charge in [-0.1, -0.05) is 164 Å². The van der Waals surface area contributed by atoms with E-state index < -0.39 is 0 Å². The largest absolute Gasteiger partial charge is 0.456 e. The maximum absolute atomic E-state index is 6.24. The average Bonchev–Trinajstić information content (AvgIpc) is 3.67. The van der Waals surface area contributed by atoms with Crippen molar-refractivity contribution in [3.8, 4) is 55.8 Å². The predicted molar refractivity (Wildman–Crippen MR) is 218 cm³/mol. The Morgan fingerprint density at radius 1 is 0.288 bits per heavy atom. The van der Waals surface area contributed by atoms with Gasteiger partial charge in [0.1, 0.15) is 11.3 Å². The Bertz CT molecular complexity index is 2530. The summed E-state index contributed by atoms with van der Waals surface area (Å²) in [6.45, 7) is 0. The van der Waals surface area contributed by atoms with Crippen molar-refractivity contribution in [1.29, 1.82) is 0 Å². The SMILES string of the molecule is c1ccc(-c2ccc(-c3ccc(N(c4ccccc4)c4ccc(-c5ccc(-c6ccccc6-c6cc7ccccc7o6)cc5)cc4)cc3)cc2)cc1. The molecule has 1 heterocycles. The standard InChI is InChI=1S/C50H35NO/c1-3-11-36(12-4-1)37-19-21-38(22-20-37)40-27-31-45(32-28-40)51(44-14-5-2-6-15-44)46-33-29-41(30-34-46)39-23-25-42(26-24-39)47-16-8-9-17-48(47)50-35-43-13-7-10-18-49(43)52-50/h1-35H. The van der Waals surface area contributed by atoms with Crippen molar-refractivity contribution in [1.82, 2.24) is 0 Å². The number of furan rings is 1. The lowest BCUT2D eigenvalue weighted by atomic mass is 9.96. The van der Waals surface area contributed by atoms with Gasteiger partial charge in [-0.25, -0.2) is 0 Å². The van der Waals surface area contributed by atoms with Crippen LogP contribution < -0.4 is 4.90 Å². The molecule has 0 spiro atoms. The summed E-state index contributed by atoms with van der Waals surface area (Å²) in [5.41, 5.74) is 14.8. The Morgan fingerprint density at radius 2 is 0.673 bits per heavy atom. The molecule has 9 rings (SSSR count). The van der Waals surface area contributed by atoms with Gasteiger partial charge in [0.05, 0.1) is 0 Å². The smallest absolute Gasteiger partial charge is 0.136 e. The zero-order valence-corrected chi connectivity index (χ0v) is 28.6. The zero-order valence-electron chi connectivity index (χ0n) is 28.6. The van der Waals surface area contributed by atoms with Crippen molar-refractivity contribution in [2.75, 3.05) is 4.90 Å². The lowest BCUT2D eigenvalue weighted by molar-refractivity contribution is 0.632. The topological polar surface area (TPSA) is 16.4 Å². The van der Waals surface area contributed by atoms with E-state index in [0.29, 0.717) is 0 Å². The van der Waals surface area contributed by atoms with Crippen LogP contribution in [0, 0.1) is 0 Å². The van der Waals surface area contributed by atoms with Gasteiger partial charge in [-0.3, -0.25) is 0 Å². The average molecular weight is 666 g/mol. The Hall–Kier alpha value is -6.90. The van der Waals surface area contributed by atoms with E-state index in [9.17, 15) is 0 Å². The van der Waals surface area contributed by atoms with E-state index in [4.69, 9.17) is 4.42 Å². The van der Waals surface area contributed by atoms with Crippen LogP contribution in [0.15, 0.2) is 217 Å². The maximum atomic E-state index is 6.24. The summed E-state index contributed by atoms with van der Waals surface area (Å²) in [5.74, 6) is 0.881. The van der Waals surface area contributed by atoms with Crippen molar-refractivity contribution in [3.63, 3.8) is 0 Å². The fourth-order valence-corrected chi connectivity index (χ4v) is 7.02. The number of nitrogens with zero attached hydrogens (tertiary/aromatic N) is 1. The quantitative estimate of drug-likeness (QED) is 0.161. The monoisotopic (exact) mass is 665 g/mol. The summed E-state index contributed by atoms with van der Waals surface area (Å²) in [5, 5.41) is 1.11. The summed E-state index contributed by atoms with van der Waals surface area (Å²) in [6, 6.07) is 75.2. The summed E-state index contributed by atoms with van der Waals surface area (Å²) in [4.78, 5) is 2.31. The number of fused-ring (bicyclic) bond motifs is 1. The van der Waals surface area contributed by atoms with Gasteiger partial charge < -0.3 is 9.32 Å². The molecular weight excluding hydrogens is 631 g/mol. The van der Waals surface area contributed by atoms with Gasteiger partial charge in [0, 0.05) is 28.0 Å². The number of hydrogen-bond donors (Lipinski definition) is 0. The van der Waals surface area contributed by atoms with Gasteiger partial charge in [-0.15, -0.1) is 0 Å². The molecule has 0 aliphatic carbocycles. The van der Waals surface area contributed by atoms with Crippen LogP contribution in [0.2, 0.25) is 0 Å². The van der Waals surface area contributed by atoms with Gasteiger partial charge in [-0.05, 0) is 93.0 Å². The van der Waals surface area contributed by atoms with Crippen LogP contribution in [0.1, 0.15) is 0 Å². The van der Waals surface area contributed by atoms with Crippen LogP contribution in [-0.2, 0) is 0 Å². The van der Waals surface area contributed by atoms with E-state index in [-0.39, 0.29) is 0 Å². The van der Waals surface area contributed by atoms with Crippen LogP contribution >= 0.6 is 0 Å². The van der Waals surface area contributed by atoms with Gasteiger partial charge in [0.2, 0.25) is 0 Å². The van der Waals surface area contributed by atoms with Crippen LogP contribution in [0.4, 0.5) is 17.1 Å². The molecule has 52 heavy (non-hydrogen) atoms. The van der Waals surface area contributed by atoms with E-state index in [1.807, 2.05) is 18.2 Å². The molecule has 0 saturated carbocycles. The molecular formula is C50H35NO. The first-order valence-corrected chi connectivity index (χ1v) is 17.7. The molecule has 0 fully saturated rings. The van der Waals surface area contributed by atoms with Crippen LogP contribution in [-0.4, -0.2) is 0 Å². The lowest BCUT2D eigenvalue weighted by Gasteiger charge is -2.26. The molecule has 0 unspecified atom stereocenters. The van der Waals surface area contributed by atoms with Crippen LogP contribution in [0.5, 0.6) is 0 Å².